The maximum atomic E-state index is 13.1. The van der Waals surface area contributed by atoms with Crippen molar-refractivity contribution in [1.82, 2.24) is 13.7 Å². The Hall–Kier alpha value is -2.11. The third-order valence-electron chi connectivity index (χ3n) is 6.36. The maximum Gasteiger partial charge on any atom is 0.336 e. The van der Waals surface area contributed by atoms with Crippen LogP contribution in [0.25, 0.3) is 0 Å². The van der Waals surface area contributed by atoms with Crippen LogP contribution in [0.2, 0.25) is 0 Å². The summed E-state index contributed by atoms with van der Waals surface area (Å²) in [4.78, 5) is 38.9. The highest BCUT2D eigenvalue weighted by molar-refractivity contribution is 4.87. The molecule has 0 aliphatic carbocycles. The molecule has 0 saturated heterocycles. The van der Waals surface area contributed by atoms with E-state index in [4.69, 9.17) is 0 Å². The number of hydrogen-bond donors (Lipinski definition) is 0. The predicted octanol–water partition coefficient (Wildman–Crippen LogP) is 5.98. The van der Waals surface area contributed by atoms with Gasteiger partial charge in [-0.25, -0.2) is 28.1 Å². The minimum absolute atomic E-state index is 0.0913. The van der Waals surface area contributed by atoms with Crippen molar-refractivity contribution in [3.8, 4) is 0 Å². The summed E-state index contributed by atoms with van der Waals surface area (Å²) in [6, 6.07) is -0.184. The van der Waals surface area contributed by atoms with Gasteiger partial charge in [0, 0.05) is 6.04 Å². The highest BCUT2D eigenvalue weighted by Gasteiger charge is 2.21. The Labute approximate surface area is 200 Å². The van der Waals surface area contributed by atoms with Crippen molar-refractivity contribution in [2.45, 2.75) is 129 Å². The van der Waals surface area contributed by atoms with Crippen LogP contribution in [0.3, 0.4) is 0 Å². The molecule has 0 radical (unpaired) electrons. The molecule has 33 heavy (non-hydrogen) atoms. The zero-order chi connectivity index (χ0) is 24.5. The molecule has 0 spiro atoms. The molecule has 1 atom stereocenters. The number of aromatic nitrogens is 3. The third-order valence-corrected chi connectivity index (χ3v) is 6.36. The molecule has 1 aromatic heterocycles. The van der Waals surface area contributed by atoms with Gasteiger partial charge in [0.05, 0.1) is 13.1 Å². The summed E-state index contributed by atoms with van der Waals surface area (Å²) in [5, 5.41) is 0. The molecular formula is C27H47N3O3. The van der Waals surface area contributed by atoms with Crippen molar-refractivity contribution < 1.29 is 0 Å². The van der Waals surface area contributed by atoms with Crippen LogP contribution in [0.5, 0.6) is 0 Å². The van der Waals surface area contributed by atoms with E-state index >= 15 is 0 Å². The number of allylic oxidation sites excluding steroid dienone is 2. The molecule has 1 heterocycles. The Morgan fingerprint density at radius 1 is 0.606 bits per heavy atom. The SMILES string of the molecule is C=CCn1c(=O)n(CC=C)c(=O)n(C(CCCC)CCCCCCCCCCCCC)c1=O. The average molecular weight is 462 g/mol. The second-order valence-corrected chi connectivity index (χ2v) is 9.14. The van der Waals surface area contributed by atoms with E-state index in [1.54, 1.807) is 0 Å². The number of rotatable bonds is 20. The van der Waals surface area contributed by atoms with E-state index in [2.05, 4.69) is 27.0 Å². The molecule has 1 aromatic rings. The van der Waals surface area contributed by atoms with Gasteiger partial charge >= 0.3 is 17.1 Å². The van der Waals surface area contributed by atoms with Crippen LogP contribution in [-0.4, -0.2) is 13.7 Å². The van der Waals surface area contributed by atoms with E-state index in [0.29, 0.717) is 0 Å². The molecule has 0 aromatic carbocycles. The molecule has 0 fully saturated rings. The summed E-state index contributed by atoms with van der Waals surface area (Å²) >= 11 is 0. The lowest BCUT2D eigenvalue weighted by Gasteiger charge is -2.21. The highest BCUT2D eigenvalue weighted by atomic mass is 16.2. The summed E-state index contributed by atoms with van der Waals surface area (Å²) in [5.41, 5.74) is -1.63. The molecule has 1 rings (SSSR count). The van der Waals surface area contributed by atoms with Crippen molar-refractivity contribution in [2.75, 3.05) is 0 Å². The van der Waals surface area contributed by atoms with Gasteiger partial charge in [0.25, 0.3) is 0 Å². The summed E-state index contributed by atoms with van der Waals surface area (Å²) < 4.78 is 3.54. The Balaban J connectivity index is 2.79. The smallest absolute Gasteiger partial charge is 0.247 e. The zero-order valence-corrected chi connectivity index (χ0v) is 21.2. The Kier molecular flexibility index (Phi) is 15.2. The molecular weight excluding hydrogens is 414 g/mol. The lowest BCUT2D eigenvalue weighted by Crippen LogP contribution is -2.55. The standard InChI is InChI=1S/C27H47N3O3/c1-5-9-11-12-13-14-15-16-17-18-19-21-24(20-10-6-2)30-26(32)28(22-7-3)25(31)29(23-8-4)27(30)33/h7-8,24H,3-6,9-23H2,1-2H3. The first-order chi connectivity index (χ1) is 16.0. The minimum atomic E-state index is -0.593. The van der Waals surface area contributed by atoms with Crippen molar-refractivity contribution in [3.05, 3.63) is 56.8 Å². The lowest BCUT2D eigenvalue weighted by molar-refractivity contribution is 0.346. The Morgan fingerprint density at radius 2 is 1.00 bits per heavy atom. The molecule has 0 saturated carbocycles. The summed E-state index contributed by atoms with van der Waals surface area (Å²) in [6.45, 7) is 11.8. The lowest BCUT2D eigenvalue weighted by atomic mass is 10.0. The second-order valence-electron chi connectivity index (χ2n) is 9.14. The molecule has 6 heteroatoms. The fourth-order valence-electron chi connectivity index (χ4n) is 4.42. The number of nitrogens with zero attached hydrogens (tertiary/aromatic N) is 3. The first-order valence-electron chi connectivity index (χ1n) is 13.2. The van der Waals surface area contributed by atoms with E-state index in [9.17, 15) is 14.4 Å². The van der Waals surface area contributed by atoms with Gasteiger partial charge in [0.15, 0.2) is 0 Å². The minimum Gasteiger partial charge on any atom is -0.247 e. The van der Waals surface area contributed by atoms with Gasteiger partial charge in [-0.3, -0.25) is 0 Å². The molecule has 0 aliphatic rings. The fraction of sp³-hybridized carbons (Fsp3) is 0.741. The third kappa shape index (κ3) is 9.73. The molecule has 6 nitrogen and oxygen atoms in total. The normalized spacial score (nSPS) is 12.1. The van der Waals surface area contributed by atoms with Crippen LogP contribution in [0, 0.1) is 0 Å². The van der Waals surface area contributed by atoms with E-state index < -0.39 is 17.1 Å². The monoisotopic (exact) mass is 461 g/mol. The van der Waals surface area contributed by atoms with Crippen LogP contribution >= 0.6 is 0 Å². The van der Waals surface area contributed by atoms with Crippen LogP contribution in [0.4, 0.5) is 0 Å². The van der Waals surface area contributed by atoms with Crippen LogP contribution in [0.15, 0.2) is 39.7 Å². The van der Waals surface area contributed by atoms with E-state index in [1.807, 2.05) is 0 Å². The molecule has 0 N–H and O–H groups in total. The number of hydrogen-bond acceptors (Lipinski definition) is 3. The van der Waals surface area contributed by atoms with Gasteiger partial charge < -0.3 is 0 Å². The molecule has 1 unspecified atom stereocenters. The molecule has 0 aliphatic heterocycles. The first kappa shape index (κ1) is 28.9. The van der Waals surface area contributed by atoms with Crippen molar-refractivity contribution in [2.24, 2.45) is 0 Å². The summed E-state index contributed by atoms with van der Waals surface area (Å²) in [5.74, 6) is 0. The fourth-order valence-corrected chi connectivity index (χ4v) is 4.42. The van der Waals surface area contributed by atoms with Crippen LogP contribution in [-0.2, 0) is 13.1 Å². The summed E-state index contributed by atoms with van der Waals surface area (Å²) in [7, 11) is 0. The molecule has 0 bridgehead atoms. The topological polar surface area (TPSA) is 66.0 Å². The summed E-state index contributed by atoms with van der Waals surface area (Å²) in [6.07, 6.45) is 20.4. The van der Waals surface area contributed by atoms with Gasteiger partial charge in [-0.05, 0) is 12.8 Å². The van der Waals surface area contributed by atoms with Gasteiger partial charge in [0.2, 0.25) is 0 Å². The van der Waals surface area contributed by atoms with E-state index in [-0.39, 0.29) is 19.1 Å². The van der Waals surface area contributed by atoms with Gasteiger partial charge in [0.1, 0.15) is 0 Å². The second kappa shape index (κ2) is 17.4. The average Bonchev–Trinajstić information content (AvgIpc) is 2.81. The van der Waals surface area contributed by atoms with Gasteiger partial charge in [-0.2, -0.15) is 0 Å². The Morgan fingerprint density at radius 3 is 1.42 bits per heavy atom. The predicted molar refractivity (Wildman–Crippen MR) is 139 cm³/mol. The van der Waals surface area contributed by atoms with E-state index in [0.717, 1.165) is 47.7 Å². The van der Waals surface area contributed by atoms with Crippen molar-refractivity contribution >= 4 is 0 Å². The largest absolute Gasteiger partial charge is 0.336 e. The van der Waals surface area contributed by atoms with Crippen LogP contribution in [0.1, 0.15) is 116 Å². The van der Waals surface area contributed by atoms with Gasteiger partial charge in [-0.15, -0.1) is 13.2 Å². The quantitative estimate of drug-likeness (QED) is 0.177. The van der Waals surface area contributed by atoms with Crippen molar-refractivity contribution in [1.29, 1.82) is 0 Å². The number of unbranched alkanes of at least 4 members (excludes halogenated alkanes) is 11. The van der Waals surface area contributed by atoms with Crippen molar-refractivity contribution in [3.63, 3.8) is 0 Å². The van der Waals surface area contributed by atoms with Crippen LogP contribution < -0.4 is 17.1 Å². The maximum absolute atomic E-state index is 13.1. The highest BCUT2D eigenvalue weighted by Crippen LogP contribution is 2.20. The van der Waals surface area contributed by atoms with E-state index in [1.165, 1.54) is 74.5 Å². The zero-order valence-electron chi connectivity index (χ0n) is 21.2. The van der Waals surface area contributed by atoms with Gasteiger partial charge in [-0.1, -0.05) is 109 Å². The molecule has 0 amide bonds. The Bertz CT molecular complexity index is 815. The molecule has 188 valence electrons. The first-order valence-corrected chi connectivity index (χ1v) is 13.2.